The van der Waals surface area contributed by atoms with Gasteiger partial charge < -0.3 is 5.32 Å². The van der Waals surface area contributed by atoms with E-state index in [-0.39, 0.29) is 0 Å². The van der Waals surface area contributed by atoms with Crippen LogP contribution in [0.5, 0.6) is 0 Å². The molecular weight excluding hydrogens is 260 g/mol. The van der Waals surface area contributed by atoms with Crippen molar-refractivity contribution in [1.82, 2.24) is 14.7 Å². The number of hydrogen-bond acceptors (Lipinski definition) is 3. The van der Waals surface area contributed by atoms with Gasteiger partial charge in [0.05, 0.1) is 5.69 Å². The Hall–Kier alpha value is -1.81. The van der Waals surface area contributed by atoms with Crippen molar-refractivity contribution in [1.29, 1.82) is 0 Å². The number of nitrogens with zero attached hydrogens (tertiary/aromatic N) is 3. The van der Waals surface area contributed by atoms with Crippen LogP contribution in [-0.2, 0) is 20.1 Å². The van der Waals surface area contributed by atoms with Gasteiger partial charge in [0, 0.05) is 37.6 Å². The van der Waals surface area contributed by atoms with Crippen molar-refractivity contribution in [2.24, 2.45) is 7.05 Å². The normalized spacial score (nSPS) is 15.5. The zero-order valence-corrected chi connectivity index (χ0v) is 13.0. The van der Waals surface area contributed by atoms with E-state index >= 15 is 0 Å². The standard InChI is InChI=1S/C17H24N4/c1-14-16(13-20(2)19-14)11-18-17-7-5-15(6-8-17)12-21-9-3-4-10-21/h5-8,13,18H,3-4,9-12H2,1-2H3. The van der Waals surface area contributed by atoms with Gasteiger partial charge in [-0.1, -0.05) is 12.1 Å². The summed E-state index contributed by atoms with van der Waals surface area (Å²) in [6, 6.07) is 8.82. The minimum atomic E-state index is 0.825. The van der Waals surface area contributed by atoms with Crippen LogP contribution in [0.2, 0.25) is 0 Å². The summed E-state index contributed by atoms with van der Waals surface area (Å²) in [5.41, 5.74) is 4.91. The van der Waals surface area contributed by atoms with Gasteiger partial charge in [0.1, 0.15) is 0 Å². The highest BCUT2D eigenvalue weighted by Crippen LogP contribution is 2.16. The van der Waals surface area contributed by atoms with Crippen molar-refractivity contribution in [3.63, 3.8) is 0 Å². The second kappa shape index (κ2) is 6.31. The van der Waals surface area contributed by atoms with Gasteiger partial charge in [-0.05, 0) is 50.6 Å². The lowest BCUT2D eigenvalue weighted by Gasteiger charge is -2.15. The first-order valence-electron chi connectivity index (χ1n) is 7.75. The fourth-order valence-electron chi connectivity index (χ4n) is 2.95. The molecule has 0 radical (unpaired) electrons. The van der Waals surface area contributed by atoms with Crippen LogP contribution in [-0.4, -0.2) is 27.8 Å². The van der Waals surface area contributed by atoms with Gasteiger partial charge in [0.2, 0.25) is 0 Å². The van der Waals surface area contributed by atoms with Crippen LogP contribution >= 0.6 is 0 Å². The van der Waals surface area contributed by atoms with Gasteiger partial charge >= 0.3 is 0 Å². The van der Waals surface area contributed by atoms with E-state index in [1.54, 1.807) is 0 Å². The first kappa shape index (κ1) is 14.1. The molecule has 4 heteroatoms. The van der Waals surface area contributed by atoms with Crippen molar-refractivity contribution in [2.75, 3.05) is 18.4 Å². The lowest BCUT2D eigenvalue weighted by atomic mass is 10.2. The second-order valence-corrected chi connectivity index (χ2v) is 5.95. The van der Waals surface area contributed by atoms with Crippen LogP contribution in [0.1, 0.15) is 29.7 Å². The summed E-state index contributed by atoms with van der Waals surface area (Å²) in [5.74, 6) is 0. The van der Waals surface area contributed by atoms with Crippen LogP contribution in [0.25, 0.3) is 0 Å². The molecule has 1 fully saturated rings. The van der Waals surface area contributed by atoms with Crippen LogP contribution in [0.15, 0.2) is 30.5 Å². The topological polar surface area (TPSA) is 33.1 Å². The van der Waals surface area contributed by atoms with Gasteiger partial charge in [-0.15, -0.1) is 0 Å². The minimum Gasteiger partial charge on any atom is -0.381 e. The molecule has 0 bridgehead atoms. The summed E-state index contributed by atoms with van der Waals surface area (Å²) in [6.07, 6.45) is 4.78. The lowest BCUT2D eigenvalue weighted by molar-refractivity contribution is 0.331. The highest BCUT2D eigenvalue weighted by Gasteiger charge is 2.11. The molecule has 4 nitrogen and oxygen atoms in total. The van der Waals surface area contributed by atoms with Gasteiger partial charge in [-0.3, -0.25) is 9.58 Å². The minimum absolute atomic E-state index is 0.825. The highest BCUT2D eigenvalue weighted by molar-refractivity contribution is 5.45. The second-order valence-electron chi connectivity index (χ2n) is 5.95. The van der Waals surface area contributed by atoms with E-state index in [1.165, 1.54) is 42.7 Å². The smallest absolute Gasteiger partial charge is 0.0643 e. The molecule has 3 rings (SSSR count). The van der Waals surface area contributed by atoms with Crippen LogP contribution < -0.4 is 5.32 Å². The molecule has 1 N–H and O–H groups in total. The summed E-state index contributed by atoms with van der Waals surface area (Å²) in [4.78, 5) is 2.53. The number of hydrogen-bond donors (Lipinski definition) is 1. The van der Waals surface area contributed by atoms with Crippen molar-refractivity contribution in [2.45, 2.75) is 32.9 Å². The first-order valence-corrected chi connectivity index (χ1v) is 7.75. The molecule has 112 valence electrons. The molecule has 0 saturated carbocycles. The van der Waals surface area contributed by atoms with Crippen molar-refractivity contribution in [3.05, 3.63) is 47.3 Å². The van der Waals surface area contributed by atoms with E-state index < -0.39 is 0 Å². The number of aryl methyl sites for hydroxylation is 2. The summed E-state index contributed by atoms with van der Waals surface area (Å²) in [7, 11) is 1.96. The average molecular weight is 284 g/mol. The number of nitrogens with one attached hydrogen (secondary N) is 1. The average Bonchev–Trinajstić information content (AvgIpc) is 3.08. The highest BCUT2D eigenvalue weighted by atomic mass is 15.2. The zero-order chi connectivity index (χ0) is 14.7. The molecule has 1 aliphatic rings. The number of likely N-dealkylation sites (tertiary alicyclic amines) is 1. The van der Waals surface area contributed by atoms with Crippen molar-refractivity contribution < 1.29 is 0 Å². The Kier molecular flexibility index (Phi) is 4.25. The molecule has 1 aromatic carbocycles. The maximum atomic E-state index is 4.37. The lowest BCUT2D eigenvalue weighted by Crippen LogP contribution is -2.18. The summed E-state index contributed by atoms with van der Waals surface area (Å²) in [5, 5.41) is 7.83. The summed E-state index contributed by atoms with van der Waals surface area (Å²) >= 11 is 0. The molecule has 0 atom stereocenters. The van der Waals surface area contributed by atoms with E-state index in [0.717, 1.165) is 18.8 Å². The summed E-state index contributed by atoms with van der Waals surface area (Å²) < 4.78 is 1.87. The van der Waals surface area contributed by atoms with E-state index in [2.05, 4.69) is 52.7 Å². The molecule has 1 saturated heterocycles. The third kappa shape index (κ3) is 3.64. The Bertz CT molecular complexity index is 579. The molecule has 0 amide bonds. The fourth-order valence-corrected chi connectivity index (χ4v) is 2.95. The van der Waals surface area contributed by atoms with Crippen LogP contribution in [0.3, 0.4) is 0 Å². The van der Waals surface area contributed by atoms with Gasteiger partial charge in [0.25, 0.3) is 0 Å². The molecule has 0 unspecified atom stereocenters. The number of anilines is 1. The first-order chi connectivity index (χ1) is 10.2. The zero-order valence-electron chi connectivity index (χ0n) is 13.0. The van der Waals surface area contributed by atoms with E-state index in [4.69, 9.17) is 0 Å². The maximum absolute atomic E-state index is 4.37. The number of aromatic nitrogens is 2. The van der Waals surface area contributed by atoms with Gasteiger partial charge in [-0.2, -0.15) is 5.10 Å². The van der Waals surface area contributed by atoms with Crippen LogP contribution in [0.4, 0.5) is 5.69 Å². The molecule has 1 aliphatic heterocycles. The predicted molar refractivity (Wildman–Crippen MR) is 86.2 cm³/mol. The number of rotatable bonds is 5. The van der Waals surface area contributed by atoms with Gasteiger partial charge in [-0.25, -0.2) is 0 Å². The molecule has 1 aromatic heterocycles. The Morgan fingerprint density at radius 2 is 1.86 bits per heavy atom. The molecular formula is C17H24N4. The Morgan fingerprint density at radius 1 is 1.14 bits per heavy atom. The Balaban J connectivity index is 1.55. The summed E-state index contributed by atoms with van der Waals surface area (Å²) in [6.45, 7) is 6.46. The maximum Gasteiger partial charge on any atom is 0.0643 e. The van der Waals surface area contributed by atoms with E-state index in [9.17, 15) is 0 Å². The largest absolute Gasteiger partial charge is 0.381 e. The molecule has 0 aliphatic carbocycles. The monoisotopic (exact) mass is 284 g/mol. The predicted octanol–water partition coefficient (Wildman–Crippen LogP) is 2.94. The third-order valence-corrected chi connectivity index (χ3v) is 4.16. The Labute approximate surface area is 126 Å². The molecule has 2 aromatic rings. The quantitative estimate of drug-likeness (QED) is 0.916. The Morgan fingerprint density at radius 3 is 2.48 bits per heavy atom. The van der Waals surface area contributed by atoms with Crippen molar-refractivity contribution >= 4 is 5.69 Å². The molecule has 2 heterocycles. The number of benzene rings is 1. The SMILES string of the molecule is Cc1nn(C)cc1CNc1ccc(CN2CCCC2)cc1. The van der Waals surface area contributed by atoms with E-state index in [0.29, 0.717) is 0 Å². The fraction of sp³-hybridized carbons (Fsp3) is 0.471. The van der Waals surface area contributed by atoms with Crippen LogP contribution in [0, 0.1) is 6.92 Å². The van der Waals surface area contributed by atoms with E-state index in [1.807, 2.05) is 11.7 Å². The van der Waals surface area contributed by atoms with Gasteiger partial charge in [0.15, 0.2) is 0 Å². The molecule has 0 spiro atoms. The third-order valence-electron chi connectivity index (χ3n) is 4.16. The van der Waals surface area contributed by atoms with Crippen molar-refractivity contribution in [3.8, 4) is 0 Å². The molecule has 21 heavy (non-hydrogen) atoms.